The topological polar surface area (TPSA) is 41.3 Å². The maximum atomic E-state index is 13.6. The monoisotopic (exact) mass is 353 g/mol. The van der Waals surface area contributed by atoms with Gasteiger partial charge in [0, 0.05) is 47.9 Å². The quantitative estimate of drug-likeness (QED) is 0.785. The van der Waals surface area contributed by atoms with Crippen LogP contribution in [-0.2, 0) is 25.1 Å². The highest BCUT2D eigenvalue weighted by Crippen LogP contribution is 2.34. The molecule has 1 N–H and O–H groups in total. The molecule has 1 aliphatic rings. The Labute approximate surface area is 152 Å². The number of halogens is 1. The van der Waals surface area contributed by atoms with Gasteiger partial charge in [0.1, 0.15) is 11.4 Å². The van der Waals surface area contributed by atoms with Gasteiger partial charge in [-0.2, -0.15) is 0 Å². The number of aliphatic hydroxyl groups is 1. The molecule has 0 amide bonds. The molecule has 0 fully saturated rings. The van der Waals surface area contributed by atoms with Crippen molar-refractivity contribution >= 4 is 10.9 Å². The normalized spacial score (nSPS) is 17.3. The van der Waals surface area contributed by atoms with Gasteiger partial charge in [-0.25, -0.2) is 4.39 Å². The van der Waals surface area contributed by atoms with E-state index < -0.39 is 11.4 Å². The van der Waals surface area contributed by atoms with Crippen LogP contribution in [0.3, 0.4) is 0 Å². The molecule has 0 spiro atoms. The minimum Gasteiger partial charge on any atom is -0.384 e. The van der Waals surface area contributed by atoms with Gasteiger partial charge in [0.2, 0.25) is 0 Å². The molecule has 4 rings (SSSR count). The van der Waals surface area contributed by atoms with Gasteiger partial charge in [0.15, 0.2) is 0 Å². The molecule has 3 heterocycles. The van der Waals surface area contributed by atoms with E-state index in [1.165, 1.54) is 28.3 Å². The highest BCUT2D eigenvalue weighted by molar-refractivity contribution is 5.86. The molecule has 0 bridgehead atoms. The van der Waals surface area contributed by atoms with E-state index >= 15 is 0 Å². The summed E-state index contributed by atoms with van der Waals surface area (Å²) in [6.07, 6.45) is 3.64. The van der Waals surface area contributed by atoms with Crippen LogP contribution in [0.2, 0.25) is 0 Å². The molecule has 26 heavy (non-hydrogen) atoms. The van der Waals surface area contributed by atoms with Gasteiger partial charge < -0.3 is 14.6 Å². The summed E-state index contributed by atoms with van der Waals surface area (Å²) < 4.78 is 15.8. The molecule has 1 unspecified atom stereocenters. The SMILES string of the molecule is Cc1ccc2c(c1)c1c(n2CC(C)(O)c2cncc(F)c2)CCN(C)C1. The lowest BCUT2D eigenvalue weighted by atomic mass is 9.97. The van der Waals surface area contributed by atoms with Gasteiger partial charge in [-0.1, -0.05) is 11.6 Å². The lowest BCUT2D eigenvalue weighted by Gasteiger charge is -2.28. The van der Waals surface area contributed by atoms with Gasteiger partial charge in [0.05, 0.1) is 12.7 Å². The first kappa shape index (κ1) is 17.2. The van der Waals surface area contributed by atoms with Crippen LogP contribution in [0.15, 0.2) is 36.7 Å². The van der Waals surface area contributed by atoms with E-state index in [9.17, 15) is 9.50 Å². The number of likely N-dealkylation sites (N-methyl/N-ethyl adjacent to an activating group) is 1. The van der Waals surface area contributed by atoms with Crippen LogP contribution >= 0.6 is 0 Å². The summed E-state index contributed by atoms with van der Waals surface area (Å²) in [6.45, 7) is 6.10. The predicted octanol–water partition coefficient (Wildman–Crippen LogP) is 3.38. The third-order valence-electron chi connectivity index (χ3n) is 5.39. The number of nitrogens with zero attached hydrogens (tertiary/aromatic N) is 3. The average molecular weight is 353 g/mol. The molecule has 2 aromatic heterocycles. The maximum Gasteiger partial charge on any atom is 0.141 e. The summed E-state index contributed by atoms with van der Waals surface area (Å²) in [5, 5.41) is 12.4. The Kier molecular flexibility index (Phi) is 4.09. The highest BCUT2D eigenvalue weighted by Gasteiger charge is 2.29. The minimum absolute atomic E-state index is 0.372. The number of hydrogen-bond donors (Lipinski definition) is 1. The molecule has 0 radical (unpaired) electrons. The predicted molar refractivity (Wildman–Crippen MR) is 100 cm³/mol. The zero-order chi connectivity index (χ0) is 18.5. The van der Waals surface area contributed by atoms with E-state index in [1.807, 2.05) is 0 Å². The summed E-state index contributed by atoms with van der Waals surface area (Å²) in [7, 11) is 2.14. The molecule has 1 atom stereocenters. The van der Waals surface area contributed by atoms with Crippen LogP contribution in [0.5, 0.6) is 0 Å². The maximum absolute atomic E-state index is 13.6. The van der Waals surface area contributed by atoms with Crippen molar-refractivity contribution in [2.24, 2.45) is 0 Å². The molecule has 3 aromatic rings. The fourth-order valence-electron chi connectivity index (χ4n) is 3.98. The van der Waals surface area contributed by atoms with E-state index in [-0.39, 0.29) is 0 Å². The zero-order valence-corrected chi connectivity index (χ0v) is 15.5. The summed E-state index contributed by atoms with van der Waals surface area (Å²) in [5.74, 6) is -0.431. The second kappa shape index (κ2) is 6.18. The van der Waals surface area contributed by atoms with Crippen LogP contribution < -0.4 is 0 Å². The van der Waals surface area contributed by atoms with Gasteiger partial charge in [0.25, 0.3) is 0 Å². The van der Waals surface area contributed by atoms with Crippen molar-refractivity contribution in [3.63, 3.8) is 0 Å². The van der Waals surface area contributed by atoms with Crippen molar-refractivity contribution in [1.82, 2.24) is 14.5 Å². The Hall–Kier alpha value is -2.24. The Bertz CT molecular complexity index is 977. The molecule has 136 valence electrons. The van der Waals surface area contributed by atoms with Crippen molar-refractivity contribution in [2.75, 3.05) is 13.6 Å². The fraction of sp³-hybridized carbons (Fsp3) is 0.381. The summed E-state index contributed by atoms with van der Waals surface area (Å²) in [6, 6.07) is 7.82. The first-order valence-corrected chi connectivity index (χ1v) is 8.98. The second-order valence-electron chi connectivity index (χ2n) is 7.69. The van der Waals surface area contributed by atoms with Crippen LogP contribution in [0.25, 0.3) is 10.9 Å². The number of hydrogen-bond acceptors (Lipinski definition) is 3. The van der Waals surface area contributed by atoms with Crippen LogP contribution in [0.4, 0.5) is 4.39 Å². The number of benzene rings is 1. The van der Waals surface area contributed by atoms with Crippen molar-refractivity contribution in [3.8, 4) is 0 Å². The smallest absolute Gasteiger partial charge is 0.141 e. The van der Waals surface area contributed by atoms with E-state index in [0.29, 0.717) is 12.1 Å². The van der Waals surface area contributed by atoms with Crippen molar-refractivity contribution in [3.05, 3.63) is 64.9 Å². The molecule has 1 aromatic carbocycles. The molecular weight excluding hydrogens is 329 g/mol. The molecule has 0 aliphatic carbocycles. The Balaban J connectivity index is 1.84. The first-order valence-electron chi connectivity index (χ1n) is 8.98. The largest absolute Gasteiger partial charge is 0.384 e. The van der Waals surface area contributed by atoms with Crippen molar-refractivity contribution < 1.29 is 9.50 Å². The third kappa shape index (κ3) is 2.91. The van der Waals surface area contributed by atoms with Crippen LogP contribution in [0.1, 0.15) is 29.3 Å². The summed E-state index contributed by atoms with van der Waals surface area (Å²) in [5.41, 5.74) is 4.25. The zero-order valence-electron chi connectivity index (χ0n) is 15.5. The molecule has 5 heteroatoms. The van der Waals surface area contributed by atoms with Gasteiger partial charge in [-0.05, 0) is 44.7 Å². The molecule has 1 aliphatic heterocycles. The molecule has 4 nitrogen and oxygen atoms in total. The van der Waals surface area contributed by atoms with Crippen LogP contribution in [0, 0.1) is 12.7 Å². The molecular formula is C21H24FN3O. The van der Waals surface area contributed by atoms with Crippen LogP contribution in [-0.4, -0.2) is 33.1 Å². The number of aryl methyl sites for hydroxylation is 1. The van der Waals surface area contributed by atoms with Gasteiger partial charge in [-0.15, -0.1) is 0 Å². The Morgan fingerprint density at radius 3 is 2.85 bits per heavy atom. The standard InChI is InChI=1S/C21H24FN3O/c1-14-4-5-19-17(8-14)18-12-24(3)7-6-20(18)25(19)13-21(2,26)15-9-16(22)11-23-10-15/h4-5,8-11,26H,6-7,12-13H2,1-3H3. The number of aromatic nitrogens is 2. The summed E-state index contributed by atoms with van der Waals surface area (Å²) >= 11 is 0. The number of pyridine rings is 1. The van der Waals surface area contributed by atoms with E-state index in [2.05, 4.69) is 46.6 Å². The average Bonchev–Trinajstić information content (AvgIpc) is 2.87. The molecule has 0 saturated heterocycles. The summed E-state index contributed by atoms with van der Waals surface area (Å²) in [4.78, 5) is 6.22. The lowest BCUT2D eigenvalue weighted by Crippen LogP contribution is -2.31. The van der Waals surface area contributed by atoms with Gasteiger partial charge >= 0.3 is 0 Å². The molecule has 0 saturated carbocycles. The highest BCUT2D eigenvalue weighted by atomic mass is 19.1. The third-order valence-corrected chi connectivity index (χ3v) is 5.39. The first-order chi connectivity index (χ1) is 12.3. The minimum atomic E-state index is -1.21. The fourth-order valence-corrected chi connectivity index (χ4v) is 3.98. The number of rotatable bonds is 3. The Morgan fingerprint density at radius 2 is 2.08 bits per heavy atom. The second-order valence-corrected chi connectivity index (χ2v) is 7.69. The van der Waals surface area contributed by atoms with E-state index in [0.717, 1.165) is 31.2 Å². The Morgan fingerprint density at radius 1 is 1.27 bits per heavy atom. The van der Waals surface area contributed by atoms with E-state index in [4.69, 9.17) is 0 Å². The van der Waals surface area contributed by atoms with Crippen molar-refractivity contribution in [2.45, 2.75) is 39.0 Å². The van der Waals surface area contributed by atoms with Gasteiger partial charge in [-0.3, -0.25) is 4.98 Å². The number of fused-ring (bicyclic) bond motifs is 3. The van der Waals surface area contributed by atoms with E-state index in [1.54, 1.807) is 13.1 Å². The van der Waals surface area contributed by atoms with Crippen molar-refractivity contribution in [1.29, 1.82) is 0 Å². The lowest BCUT2D eigenvalue weighted by molar-refractivity contribution is 0.0378.